The smallest absolute Gasteiger partial charge is 0.0557 e. The first-order chi connectivity index (χ1) is 4.79. The first-order valence-corrected chi connectivity index (χ1v) is 3.86. The van der Waals surface area contributed by atoms with Gasteiger partial charge in [-0.25, -0.2) is 0 Å². The molecule has 0 spiro atoms. The van der Waals surface area contributed by atoms with E-state index in [2.05, 4.69) is 18.9 Å². The van der Waals surface area contributed by atoms with Gasteiger partial charge in [0.2, 0.25) is 0 Å². The Morgan fingerprint density at radius 2 is 2.09 bits per heavy atom. The van der Waals surface area contributed by atoms with Crippen LogP contribution in [0.1, 0.15) is 13.3 Å². The Bertz CT molecular complexity index is 88.1. The first kappa shape index (κ1) is 11.5. The van der Waals surface area contributed by atoms with Crippen LogP contribution in [0, 0.1) is 5.92 Å². The third-order valence-electron chi connectivity index (χ3n) is 1.89. The molecule has 0 bridgehead atoms. The molecule has 0 N–H and O–H groups in total. The van der Waals surface area contributed by atoms with Crippen molar-refractivity contribution < 1.29 is 22.1 Å². The zero-order valence-electron chi connectivity index (χ0n) is 7.30. The van der Waals surface area contributed by atoms with Crippen molar-refractivity contribution in [2.75, 3.05) is 33.4 Å². The average molecular weight is 194 g/mol. The molecule has 66 valence electrons. The van der Waals surface area contributed by atoms with Crippen LogP contribution in [0.5, 0.6) is 0 Å². The van der Waals surface area contributed by atoms with Gasteiger partial charge in [0.25, 0.3) is 0 Å². The van der Waals surface area contributed by atoms with Crippen LogP contribution in [-0.2, 0) is 22.1 Å². The molecule has 1 aliphatic heterocycles. The second-order valence-electron chi connectivity index (χ2n) is 3.06. The van der Waals surface area contributed by atoms with Gasteiger partial charge in [-0.3, -0.25) is 5.92 Å². The van der Waals surface area contributed by atoms with Gasteiger partial charge in [0.15, 0.2) is 0 Å². The van der Waals surface area contributed by atoms with Crippen molar-refractivity contribution in [1.82, 2.24) is 4.90 Å². The maximum Gasteiger partial charge on any atom is 0.0557 e. The molecule has 0 radical (unpaired) electrons. The Morgan fingerprint density at radius 3 is 2.82 bits per heavy atom. The predicted molar refractivity (Wildman–Crippen MR) is 41.9 cm³/mol. The van der Waals surface area contributed by atoms with Crippen molar-refractivity contribution in [1.29, 1.82) is 0 Å². The topological polar surface area (TPSA) is 12.5 Å². The zero-order valence-corrected chi connectivity index (χ0v) is 8.57. The van der Waals surface area contributed by atoms with E-state index in [0.29, 0.717) is 0 Å². The number of rotatable bonds is 0. The summed E-state index contributed by atoms with van der Waals surface area (Å²) in [7, 11) is 2.14. The van der Waals surface area contributed by atoms with E-state index in [1.165, 1.54) is 18.9 Å². The summed E-state index contributed by atoms with van der Waals surface area (Å²) in [4.78, 5) is 2.31. The van der Waals surface area contributed by atoms with Gasteiger partial charge in [0, 0.05) is 23.9 Å². The molecule has 1 heterocycles. The van der Waals surface area contributed by atoms with Crippen LogP contribution in [0.25, 0.3) is 0 Å². The molecule has 0 atom stereocenters. The maximum atomic E-state index is 5.38. The molecular weight excluding hydrogens is 178 g/mol. The van der Waals surface area contributed by atoms with Gasteiger partial charge in [-0.05, 0) is 13.6 Å². The molecule has 1 rings (SSSR count). The van der Waals surface area contributed by atoms with E-state index in [4.69, 9.17) is 4.74 Å². The fraction of sp³-hybridized carbons (Fsp3) is 0.875. The van der Waals surface area contributed by atoms with Gasteiger partial charge in [-0.1, -0.05) is 6.61 Å². The molecule has 11 heavy (non-hydrogen) atoms. The van der Waals surface area contributed by atoms with Crippen LogP contribution in [-0.4, -0.2) is 38.3 Å². The standard InChI is InChI=1S/C8H16NO.Cr/c1-8-3-4-9(2)5-6-10-7-8;/h3-7H2,1-2H3;/q-1;. The van der Waals surface area contributed by atoms with E-state index in [1.807, 2.05) is 0 Å². The van der Waals surface area contributed by atoms with Crippen LogP contribution < -0.4 is 0 Å². The van der Waals surface area contributed by atoms with Crippen LogP contribution in [0.4, 0.5) is 0 Å². The van der Waals surface area contributed by atoms with Gasteiger partial charge < -0.3 is 9.64 Å². The summed E-state index contributed by atoms with van der Waals surface area (Å²) in [6, 6.07) is 0. The fourth-order valence-electron chi connectivity index (χ4n) is 1.03. The number of hydrogen-bond acceptors (Lipinski definition) is 2. The van der Waals surface area contributed by atoms with Crippen molar-refractivity contribution in [3.63, 3.8) is 0 Å². The molecule has 2 nitrogen and oxygen atoms in total. The van der Waals surface area contributed by atoms with Crippen LogP contribution >= 0.6 is 0 Å². The molecule has 0 saturated carbocycles. The Balaban J connectivity index is 0.000001000. The van der Waals surface area contributed by atoms with Gasteiger partial charge in [-0.2, -0.15) is 13.3 Å². The second kappa shape index (κ2) is 6.02. The monoisotopic (exact) mass is 194 g/mol. The van der Waals surface area contributed by atoms with Gasteiger partial charge >= 0.3 is 0 Å². The van der Waals surface area contributed by atoms with E-state index in [9.17, 15) is 0 Å². The fourth-order valence-corrected chi connectivity index (χ4v) is 1.03. The third kappa shape index (κ3) is 4.82. The molecule has 0 aliphatic carbocycles. The zero-order chi connectivity index (χ0) is 7.40. The summed E-state index contributed by atoms with van der Waals surface area (Å²) in [5.74, 6) is 1.46. The summed E-state index contributed by atoms with van der Waals surface area (Å²) in [5.41, 5.74) is 0. The summed E-state index contributed by atoms with van der Waals surface area (Å²) in [5, 5.41) is 0. The molecule has 0 aromatic rings. The van der Waals surface area contributed by atoms with Crippen molar-refractivity contribution in [2.24, 2.45) is 0 Å². The quantitative estimate of drug-likeness (QED) is 0.532. The SMILES string of the molecule is C[C-]1CCN(C)CCOC1.[Cr]. The summed E-state index contributed by atoms with van der Waals surface area (Å²) >= 11 is 0. The summed E-state index contributed by atoms with van der Waals surface area (Å²) < 4.78 is 5.38. The molecular formula is C8H16CrNO-. The Morgan fingerprint density at radius 1 is 1.36 bits per heavy atom. The Hall–Kier alpha value is 0.452. The molecule has 0 unspecified atom stereocenters. The third-order valence-corrected chi connectivity index (χ3v) is 1.89. The minimum Gasteiger partial charge on any atom is -0.412 e. The van der Waals surface area contributed by atoms with Crippen molar-refractivity contribution in [2.45, 2.75) is 13.3 Å². The molecule has 1 fully saturated rings. The van der Waals surface area contributed by atoms with Gasteiger partial charge in [0.1, 0.15) is 0 Å². The summed E-state index contributed by atoms with van der Waals surface area (Å²) in [6.07, 6.45) is 1.19. The molecule has 1 saturated heterocycles. The number of likely N-dealkylation sites (N-methyl/N-ethyl adjacent to an activating group) is 1. The van der Waals surface area contributed by atoms with Crippen molar-refractivity contribution in [3.8, 4) is 0 Å². The molecule has 3 heteroatoms. The van der Waals surface area contributed by atoms with Crippen LogP contribution in [0.2, 0.25) is 0 Å². The second-order valence-corrected chi connectivity index (χ2v) is 3.06. The minimum absolute atomic E-state index is 0. The number of nitrogens with zero attached hydrogens (tertiary/aromatic N) is 1. The minimum atomic E-state index is 0. The summed E-state index contributed by atoms with van der Waals surface area (Å²) in [6.45, 7) is 6.18. The van der Waals surface area contributed by atoms with E-state index in [0.717, 1.165) is 19.8 Å². The maximum absolute atomic E-state index is 5.38. The number of hydrogen-bond donors (Lipinski definition) is 0. The van der Waals surface area contributed by atoms with Crippen molar-refractivity contribution >= 4 is 0 Å². The van der Waals surface area contributed by atoms with E-state index in [1.54, 1.807) is 0 Å². The van der Waals surface area contributed by atoms with E-state index < -0.39 is 0 Å². The predicted octanol–water partition coefficient (Wildman–Crippen LogP) is 0.930. The van der Waals surface area contributed by atoms with Crippen molar-refractivity contribution in [3.05, 3.63) is 5.92 Å². The van der Waals surface area contributed by atoms with Gasteiger partial charge in [-0.15, -0.1) is 0 Å². The Kier molecular flexibility index (Phi) is 6.27. The molecule has 0 amide bonds. The number of ether oxygens (including phenoxy) is 1. The molecule has 0 aromatic carbocycles. The largest absolute Gasteiger partial charge is 0.412 e. The molecule has 1 aliphatic rings. The average Bonchev–Trinajstić information content (AvgIpc) is 1.90. The first-order valence-electron chi connectivity index (χ1n) is 3.86. The Labute approximate surface area is 80.0 Å². The van der Waals surface area contributed by atoms with E-state index in [-0.39, 0.29) is 17.4 Å². The van der Waals surface area contributed by atoms with Gasteiger partial charge in [0.05, 0.1) is 6.61 Å². The van der Waals surface area contributed by atoms with Crippen LogP contribution in [0.3, 0.4) is 0 Å². The van der Waals surface area contributed by atoms with E-state index >= 15 is 0 Å². The normalized spacial score (nSPS) is 23.5. The molecule has 0 aromatic heterocycles. The van der Waals surface area contributed by atoms with Crippen LogP contribution in [0.15, 0.2) is 0 Å².